The number of nitrogens with one attached hydrogen (secondary N) is 1. The van der Waals surface area contributed by atoms with Gasteiger partial charge < -0.3 is 10.1 Å². The highest BCUT2D eigenvalue weighted by Crippen LogP contribution is 2.12. The lowest BCUT2D eigenvalue weighted by Gasteiger charge is -2.15. The number of hydrogen-bond acceptors (Lipinski definition) is 3. The van der Waals surface area contributed by atoms with E-state index in [1.54, 1.807) is 0 Å². The van der Waals surface area contributed by atoms with E-state index < -0.39 is 0 Å². The van der Waals surface area contributed by atoms with Gasteiger partial charge in [0.1, 0.15) is 11.9 Å². The Kier molecular flexibility index (Phi) is 5.91. The molecule has 0 heterocycles. The third-order valence-corrected chi connectivity index (χ3v) is 2.77. The minimum Gasteiger partial charge on any atom is -0.489 e. The minimum atomic E-state index is -0.0245. The van der Waals surface area contributed by atoms with Gasteiger partial charge in [-0.1, -0.05) is 17.7 Å². The number of carbonyl (C=O) groups excluding carboxylic acids is 1. The van der Waals surface area contributed by atoms with Gasteiger partial charge in [0.15, 0.2) is 0 Å². The average molecular weight is 253 g/mol. The molecule has 3 nitrogen and oxygen atoms in total. The summed E-state index contributed by atoms with van der Waals surface area (Å²) >= 11 is 1.51. The van der Waals surface area contributed by atoms with E-state index in [2.05, 4.69) is 5.32 Å². The molecular formula is C13H19NO2S. The molecule has 0 aliphatic carbocycles. The fourth-order valence-corrected chi connectivity index (χ4v) is 1.69. The Bertz CT molecular complexity index is 351. The van der Waals surface area contributed by atoms with Crippen molar-refractivity contribution in [2.75, 3.05) is 18.6 Å². The van der Waals surface area contributed by atoms with Crippen LogP contribution in [0, 0.1) is 6.92 Å². The summed E-state index contributed by atoms with van der Waals surface area (Å²) in [5.41, 5.74) is 1.21. The maximum atomic E-state index is 11.3. The van der Waals surface area contributed by atoms with Crippen LogP contribution in [-0.4, -0.2) is 30.6 Å². The molecule has 0 aliphatic heterocycles. The molecule has 1 amide bonds. The minimum absolute atomic E-state index is 0.0245. The molecule has 1 aromatic rings. The van der Waals surface area contributed by atoms with Gasteiger partial charge in [-0.3, -0.25) is 4.79 Å². The highest BCUT2D eigenvalue weighted by atomic mass is 32.2. The Morgan fingerprint density at radius 2 is 2.06 bits per heavy atom. The maximum Gasteiger partial charge on any atom is 0.230 e. The summed E-state index contributed by atoms with van der Waals surface area (Å²) in [7, 11) is 0. The van der Waals surface area contributed by atoms with E-state index in [0.717, 1.165) is 5.75 Å². The molecule has 4 heteroatoms. The van der Waals surface area contributed by atoms with Gasteiger partial charge in [-0.05, 0) is 32.2 Å². The van der Waals surface area contributed by atoms with Crippen molar-refractivity contribution >= 4 is 17.7 Å². The summed E-state index contributed by atoms with van der Waals surface area (Å²) in [6.45, 7) is 4.52. The molecule has 0 radical (unpaired) electrons. The van der Waals surface area contributed by atoms with E-state index in [9.17, 15) is 4.79 Å². The second-order valence-corrected chi connectivity index (χ2v) is 4.84. The van der Waals surface area contributed by atoms with Gasteiger partial charge in [0, 0.05) is 0 Å². The van der Waals surface area contributed by atoms with Gasteiger partial charge >= 0.3 is 0 Å². The van der Waals surface area contributed by atoms with Crippen LogP contribution in [0.2, 0.25) is 0 Å². The molecular weight excluding hydrogens is 234 g/mol. The van der Waals surface area contributed by atoms with Crippen LogP contribution in [0.3, 0.4) is 0 Å². The molecule has 0 unspecified atom stereocenters. The third-order valence-electron chi connectivity index (χ3n) is 2.22. The standard InChI is InChI=1S/C13H19NO2S/c1-10-4-6-12(7-5-10)16-11(2)8-14-13(15)9-17-3/h4-7,11H,8-9H2,1-3H3,(H,14,15)/t11-/m0/s1. The van der Waals surface area contributed by atoms with Crippen LogP contribution in [0.4, 0.5) is 0 Å². The first-order valence-corrected chi connectivity index (χ1v) is 7.00. The van der Waals surface area contributed by atoms with Crippen molar-refractivity contribution < 1.29 is 9.53 Å². The molecule has 0 bridgehead atoms. The van der Waals surface area contributed by atoms with Gasteiger partial charge in [0.05, 0.1) is 12.3 Å². The summed E-state index contributed by atoms with van der Waals surface area (Å²) in [4.78, 5) is 11.3. The average Bonchev–Trinajstić information content (AvgIpc) is 2.30. The fourth-order valence-electron chi connectivity index (χ4n) is 1.33. The van der Waals surface area contributed by atoms with E-state index in [0.29, 0.717) is 12.3 Å². The molecule has 1 atom stereocenters. The molecule has 0 aliphatic rings. The van der Waals surface area contributed by atoms with Crippen molar-refractivity contribution in [2.24, 2.45) is 0 Å². The number of hydrogen-bond donors (Lipinski definition) is 1. The summed E-state index contributed by atoms with van der Waals surface area (Å²) in [5.74, 6) is 1.39. The van der Waals surface area contributed by atoms with E-state index in [4.69, 9.17) is 4.74 Å². The number of rotatable bonds is 6. The van der Waals surface area contributed by atoms with Crippen molar-refractivity contribution in [1.29, 1.82) is 0 Å². The van der Waals surface area contributed by atoms with Crippen LogP contribution in [0.25, 0.3) is 0 Å². The zero-order chi connectivity index (χ0) is 12.7. The van der Waals surface area contributed by atoms with Gasteiger partial charge in [-0.2, -0.15) is 11.8 Å². The normalized spacial score (nSPS) is 11.9. The van der Waals surface area contributed by atoms with E-state index in [1.165, 1.54) is 17.3 Å². The number of amides is 1. The van der Waals surface area contributed by atoms with Gasteiger partial charge in [0.2, 0.25) is 5.91 Å². The SMILES string of the molecule is CSCC(=O)NC[C@H](C)Oc1ccc(C)cc1. The van der Waals surface area contributed by atoms with Crippen LogP contribution in [-0.2, 0) is 4.79 Å². The van der Waals surface area contributed by atoms with E-state index in [1.807, 2.05) is 44.4 Å². The molecule has 0 aromatic heterocycles. The Morgan fingerprint density at radius 1 is 1.41 bits per heavy atom. The summed E-state index contributed by atoms with van der Waals surface area (Å²) in [6.07, 6.45) is 1.88. The molecule has 94 valence electrons. The van der Waals surface area contributed by atoms with Crippen molar-refractivity contribution in [1.82, 2.24) is 5.32 Å². The Balaban J connectivity index is 2.31. The fraction of sp³-hybridized carbons (Fsp3) is 0.462. The largest absolute Gasteiger partial charge is 0.489 e. The van der Waals surface area contributed by atoms with Gasteiger partial charge in [-0.15, -0.1) is 0 Å². The topological polar surface area (TPSA) is 38.3 Å². The predicted octanol–water partition coefficient (Wildman–Crippen LogP) is 2.24. The lowest BCUT2D eigenvalue weighted by atomic mass is 10.2. The summed E-state index contributed by atoms with van der Waals surface area (Å²) < 4.78 is 5.68. The monoisotopic (exact) mass is 253 g/mol. The molecule has 17 heavy (non-hydrogen) atoms. The van der Waals surface area contributed by atoms with Crippen LogP contribution >= 0.6 is 11.8 Å². The van der Waals surface area contributed by atoms with Crippen LogP contribution in [0.5, 0.6) is 5.75 Å². The van der Waals surface area contributed by atoms with Crippen molar-refractivity contribution in [3.63, 3.8) is 0 Å². The van der Waals surface area contributed by atoms with Crippen LogP contribution in [0.1, 0.15) is 12.5 Å². The molecule has 0 saturated carbocycles. The number of thioether (sulfide) groups is 1. The Morgan fingerprint density at radius 3 is 2.65 bits per heavy atom. The lowest BCUT2D eigenvalue weighted by molar-refractivity contribution is -0.118. The second kappa shape index (κ2) is 7.22. The van der Waals surface area contributed by atoms with Crippen LogP contribution in [0.15, 0.2) is 24.3 Å². The molecule has 1 aromatic carbocycles. The first kappa shape index (κ1) is 13.9. The van der Waals surface area contributed by atoms with Crippen molar-refractivity contribution in [3.8, 4) is 5.75 Å². The summed E-state index contributed by atoms with van der Waals surface area (Å²) in [6, 6.07) is 7.90. The maximum absolute atomic E-state index is 11.3. The summed E-state index contributed by atoms with van der Waals surface area (Å²) in [5, 5.41) is 2.83. The number of benzene rings is 1. The first-order chi connectivity index (χ1) is 8.11. The highest BCUT2D eigenvalue weighted by molar-refractivity contribution is 7.99. The highest BCUT2D eigenvalue weighted by Gasteiger charge is 2.06. The Hall–Kier alpha value is -1.16. The molecule has 1 rings (SSSR count). The van der Waals surface area contributed by atoms with Crippen molar-refractivity contribution in [3.05, 3.63) is 29.8 Å². The lowest BCUT2D eigenvalue weighted by Crippen LogP contribution is -2.34. The zero-order valence-corrected chi connectivity index (χ0v) is 11.3. The van der Waals surface area contributed by atoms with Crippen molar-refractivity contribution in [2.45, 2.75) is 20.0 Å². The van der Waals surface area contributed by atoms with E-state index in [-0.39, 0.29) is 12.0 Å². The zero-order valence-electron chi connectivity index (χ0n) is 10.5. The number of carbonyl (C=O) groups is 1. The third kappa shape index (κ3) is 5.63. The van der Waals surface area contributed by atoms with Gasteiger partial charge in [-0.25, -0.2) is 0 Å². The second-order valence-electron chi connectivity index (χ2n) is 3.98. The predicted molar refractivity (Wildman–Crippen MR) is 72.7 cm³/mol. The number of ether oxygens (including phenoxy) is 1. The molecule has 0 saturated heterocycles. The molecule has 0 spiro atoms. The molecule has 0 fully saturated rings. The van der Waals surface area contributed by atoms with E-state index >= 15 is 0 Å². The quantitative estimate of drug-likeness (QED) is 0.845. The smallest absolute Gasteiger partial charge is 0.230 e. The molecule has 1 N–H and O–H groups in total. The first-order valence-electron chi connectivity index (χ1n) is 5.60. The number of aryl methyl sites for hydroxylation is 1. The Labute approximate surface area is 107 Å². The van der Waals surface area contributed by atoms with Gasteiger partial charge in [0.25, 0.3) is 0 Å². The van der Waals surface area contributed by atoms with Crippen LogP contribution < -0.4 is 10.1 Å².